The summed E-state index contributed by atoms with van der Waals surface area (Å²) >= 11 is 0. The lowest BCUT2D eigenvalue weighted by Gasteiger charge is -2.07. The molecular formula is C26H24N2+2. The van der Waals surface area contributed by atoms with Crippen LogP contribution in [0.25, 0.3) is 35.1 Å². The van der Waals surface area contributed by atoms with Gasteiger partial charge in [-0.25, -0.2) is 9.13 Å². The summed E-state index contributed by atoms with van der Waals surface area (Å²) in [7, 11) is 4.06. The van der Waals surface area contributed by atoms with Gasteiger partial charge in [-0.1, -0.05) is 60.7 Å². The maximum atomic E-state index is 2.21. The molecule has 4 rings (SSSR count). The van der Waals surface area contributed by atoms with Crippen molar-refractivity contribution in [1.82, 2.24) is 0 Å². The molecule has 0 fully saturated rings. The van der Waals surface area contributed by atoms with Crippen molar-refractivity contribution >= 4 is 35.1 Å². The van der Waals surface area contributed by atoms with Crippen LogP contribution in [0.15, 0.2) is 85.5 Å². The molecule has 0 unspecified atom stereocenters. The van der Waals surface area contributed by atoms with Gasteiger partial charge in [0.15, 0.2) is 24.8 Å². The van der Waals surface area contributed by atoms with Crippen molar-refractivity contribution in [2.75, 3.05) is 0 Å². The molecule has 28 heavy (non-hydrogen) atoms. The number of benzene rings is 2. The van der Waals surface area contributed by atoms with Crippen molar-refractivity contribution in [2.45, 2.75) is 0 Å². The Hall–Kier alpha value is -3.52. The summed E-state index contributed by atoms with van der Waals surface area (Å²) in [6.07, 6.45) is 17.0. The summed E-state index contributed by atoms with van der Waals surface area (Å²) in [5, 5.41) is 2.53. The smallest absolute Gasteiger partial charge is 0.169 e. The van der Waals surface area contributed by atoms with Crippen molar-refractivity contribution < 1.29 is 9.13 Å². The van der Waals surface area contributed by atoms with Gasteiger partial charge in [-0.2, -0.15) is 0 Å². The van der Waals surface area contributed by atoms with Gasteiger partial charge in [0.25, 0.3) is 0 Å². The molecule has 136 valence electrons. The first-order chi connectivity index (χ1) is 13.7. The molecule has 2 nitrogen and oxygen atoms in total. The van der Waals surface area contributed by atoms with E-state index in [4.69, 9.17) is 0 Å². The van der Waals surface area contributed by atoms with Crippen LogP contribution in [0.2, 0.25) is 0 Å². The Morgan fingerprint density at radius 3 is 1.39 bits per heavy atom. The maximum Gasteiger partial charge on any atom is 0.169 e. The third-order valence-electron chi connectivity index (χ3n) is 4.89. The maximum absolute atomic E-state index is 2.21. The lowest BCUT2D eigenvalue weighted by atomic mass is 9.98. The van der Waals surface area contributed by atoms with Gasteiger partial charge in [0.05, 0.1) is 0 Å². The molecule has 2 aromatic carbocycles. The molecule has 4 aromatic rings. The first-order valence-corrected chi connectivity index (χ1v) is 9.47. The Bertz CT molecular complexity index is 1060. The van der Waals surface area contributed by atoms with Crippen LogP contribution in [0, 0.1) is 0 Å². The van der Waals surface area contributed by atoms with Crippen LogP contribution in [0.4, 0.5) is 0 Å². The largest absolute Gasteiger partial charge is 0.208 e. The van der Waals surface area contributed by atoms with E-state index < -0.39 is 0 Å². The molecule has 0 aliphatic carbocycles. The van der Waals surface area contributed by atoms with E-state index in [-0.39, 0.29) is 0 Å². The molecule has 0 amide bonds. The van der Waals surface area contributed by atoms with Crippen LogP contribution < -0.4 is 9.13 Å². The predicted molar refractivity (Wildman–Crippen MR) is 117 cm³/mol. The summed E-state index contributed by atoms with van der Waals surface area (Å²) in [5.41, 5.74) is 4.84. The van der Waals surface area contributed by atoms with Gasteiger partial charge in [-0.3, -0.25) is 0 Å². The molecule has 0 bridgehead atoms. The minimum Gasteiger partial charge on any atom is -0.208 e. The zero-order valence-electron chi connectivity index (χ0n) is 16.3. The number of nitrogens with zero attached hydrogens (tertiary/aromatic N) is 2. The van der Waals surface area contributed by atoms with Crippen LogP contribution in [-0.2, 0) is 14.1 Å². The minimum absolute atomic E-state index is 1.19. The molecule has 2 heterocycles. The Kier molecular flexibility index (Phi) is 5.11. The van der Waals surface area contributed by atoms with Gasteiger partial charge in [0.2, 0.25) is 0 Å². The highest BCUT2D eigenvalue weighted by atomic mass is 14.9. The SMILES string of the molecule is C[n+]1ccc(/C=C/c2cccc3cccc(/C=C/c4cc[n+](C)cc4)c23)cc1. The number of hydrogen-bond donors (Lipinski definition) is 0. The van der Waals surface area contributed by atoms with Crippen LogP contribution in [-0.4, -0.2) is 0 Å². The molecule has 0 radical (unpaired) electrons. The Morgan fingerprint density at radius 1 is 0.536 bits per heavy atom. The zero-order valence-corrected chi connectivity index (χ0v) is 16.3. The number of fused-ring (bicyclic) bond motifs is 1. The van der Waals surface area contributed by atoms with Crippen molar-refractivity contribution in [3.8, 4) is 0 Å². The van der Waals surface area contributed by atoms with E-state index in [1.807, 2.05) is 23.2 Å². The topological polar surface area (TPSA) is 7.76 Å². The lowest BCUT2D eigenvalue weighted by Crippen LogP contribution is -2.25. The molecule has 2 heteroatoms. The Morgan fingerprint density at radius 2 is 0.964 bits per heavy atom. The van der Waals surface area contributed by atoms with Crippen LogP contribution >= 0.6 is 0 Å². The van der Waals surface area contributed by atoms with E-state index >= 15 is 0 Å². The number of aromatic nitrogens is 2. The van der Waals surface area contributed by atoms with E-state index in [1.54, 1.807) is 0 Å². The summed E-state index contributed by atoms with van der Waals surface area (Å²) in [4.78, 5) is 0. The predicted octanol–water partition coefficient (Wildman–Crippen LogP) is 4.83. The Balaban J connectivity index is 1.73. The second-order valence-electron chi connectivity index (χ2n) is 7.05. The molecule has 0 aliphatic heterocycles. The first kappa shape index (κ1) is 17.9. The summed E-state index contributed by atoms with van der Waals surface area (Å²) in [6.45, 7) is 0. The van der Waals surface area contributed by atoms with Crippen LogP contribution in [0.5, 0.6) is 0 Å². The van der Waals surface area contributed by atoms with E-state index in [2.05, 4.69) is 110 Å². The molecule has 0 saturated carbocycles. The third-order valence-corrected chi connectivity index (χ3v) is 4.89. The lowest BCUT2D eigenvalue weighted by molar-refractivity contribution is -0.671. The first-order valence-electron chi connectivity index (χ1n) is 9.47. The normalized spacial score (nSPS) is 11.6. The van der Waals surface area contributed by atoms with Crippen LogP contribution in [0.1, 0.15) is 22.3 Å². The Labute approximate surface area is 166 Å². The highest BCUT2D eigenvalue weighted by Gasteiger charge is 2.03. The molecule has 0 saturated heterocycles. The van der Waals surface area contributed by atoms with Crippen molar-refractivity contribution in [2.24, 2.45) is 14.1 Å². The van der Waals surface area contributed by atoms with Gasteiger partial charge >= 0.3 is 0 Å². The van der Waals surface area contributed by atoms with Crippen molar-refractivity contribution in [3.63, 3.8) is 0 Å². The standard InChI is InChI=1S/C26H24N2/c1-27-17-13-21(14-18-27)9-11-24-7-3-5-23-6-4-8-25(26(23)24)12-10-22-15-19-28(2)20-16-22/h3-20H,1-2H3/q+2/b11-9+,12-10+. The summed E-state index contributed by atoms with van der Waals surface area (Å²) in [6, 6.07) is 21.5. The highest BCUT2D eigenvalue weighted by molar-refractivity contribution is 5.99. The average Bonchev–Trinajstić information content (AvgIpc) is 2.73. The van der Waals surface area contributed by atoms with Gasteiger partial charge < -0.3 is 0 Å². The highest BCUT2D eigenvalue weighted by Crippen LogP contribution is 2.26. The second-order valence-corrected chi connectivity index (χ2v) is 7.05. The molecule has 0 spiro atoms. The molecule has 0 atom stereocenters. The number of pyridine rings is 2. The third kappa shape index (κ3) is 4.07. The van der Waals surface area contributed by atoms with E-state index in [0.29, 0.717) is 0 Å². The van der Waals surface area contributed by atoms with Gasteiger partial charge in [0, 0.05) is 24.3 Å². The minimum atomic E-state index is 1.19. The van der Waals surface area contributed by atoms with E-state index in [0.717, 1.165) is 0 Å². The van der Waals surface area contributed by atoms with E-state index in [9.17, 15) is 0 Å². The fraction of sp³-hybridized carbons (Fsp3) is 0.0769. The fourth-order valence-corrected chi connectivity index (χ4v) is 3.30. The van der Waals surface area contributed by atoms with Gasteiger partial charge in [0.1, 0.15) is 14.1 Å². The second kappa shape index (κ2) is 8.01. The van der Waals surface area contributed by atoms with Crippen molar-refractivity contribution in [3.05, 3.63) is 108 Å². The number of aryl methyl sites for hydroxylation is 2. The average molecular weight is 364 g/mol. The van der Waals surface area contributed by atoms with Gasteiger partial charge in [-0.05, 0) is 33.0 Å². The number of rotatable bonds is 4. The van der Waals surface area contributed by atoms with Crippen LogP contribution in [0.3, 0.4) is 0 Å². The molecular weight excluding hydrogens is 340 g/mol. The fourth-order valence-electron chi connectivity index (χ4n) is 3.30. The molecule has 0 N–H and O–H groups in total. The molecule has 2 aromatic heterocycles. The molecule has 0 aliphatic rings. The quantitative estimate of drug-likeness (QED) is 0.458. The monoisotopic (exact) mass is 364 g/mol. The van der Waals surface area contributed by atoms with E-state index in [1.165, 1.54) is 33.0 Å². The van der Waals surface area contributed by atoms with Gasteiger partial charge in [-0.15, -0.1) is 0 Å². The summed E-state index contributed by atoms with van der Waals surface area (Å²) < 4.78 is 4.09. The zero-order chi connectivity index (χ0) is 19.3. The number of hydrogen-bond acceptors (Lipinski definition) is 0. The summed E-state index contributed by atoms with van der Waals surface area (Å²) in [5.74, 6) is 0. The van der Waals surface area contributed by atoms with Crippen molar-refractivity contribution in [1.29, 1.82) is 0 Å².